The van der Waals surface area contributed by atoms with E-state index in [0.717, 1.165) is 30.6 Å². The Bertz CT molecular complexity index is 1240. The van der Waals surface area contributed by atoms with Gasteiger partial charge in [-0.3, -0.25) is 14.5 Å². The fourth-order valence-corrected chi connectivity index (χ4v) is 5.79. The molecule has 38 heavy (non-hydrogen) atoms. The molecule has 1 saturated carbocycles. The molecule has 200 valence electrons. The number of rotatable bonds is 8. The maximum absolute atomic E-state index is 14.3. The largest absolute Gasteiger partial charge is 0.497 e. The van der Waals surface area contributed by atoms with Crippen LogP contribution in [0.1, 0.15) is 43.0 Å². The SMILES string of the molecule is COc1cc(OC)cc(N(C(=O)[C@H]2COc3ccccc3O2)[C@@H](C(=O)NC2CCCCC2)c2cccs2)c1. The molecule has 2 aliphatic rings. The lowest BCUT2D eigenvalue weighted by Gasteiger charge is -2.36. The average molecular weight is 537 g/mol. The number of thiophene rings is 1. The summed E-state index contributed by atoms with van der Waals surface area (Å²) >= 11 is 1.43. The van der Waals surface area contributed by atoms with Gasteiger partial charge in [-0.15, -0.1) is 11.3 Å². The van der Waals surface area contributed by atoms with Crippen molar-refractivity contribution in [3.8, 4) is 23.0 Å². The second-order valence-electron chi connectivity index (χ2n) is 9.40. The number of para-hydroxylation sites is 2. The van der Waals surface area contributed by atoms with Gasteiger partial charge in [-0.2, -0.15) is 0 Å². The highest BCUT2D eigenvalue weighted by Gasteiger charge is 2.40. The molecule has 1 aromatic heterocycles. The number of amides is 2. The molecule has 5 rings (SSSR count). The van der Waals surface area contributed by atoms with Crippen LogP contribution in [0.25, 0.3) is 0 Å². The van der Waals surface area contributed by atoms with Crippen LogP contribution in [0.3, 0.4) is 0 Å². The smallest absolute Gasteiger partial charge is 0.272 e. The molecular formula is C29H32N2O6S. The minimum atomic E-state index is -0.952. The minimum Gasteiger partial charge on any atom is -0.497 e. The second-order valence-corrected chi connectivity index (χ2v) is 10.4. The molecule has 1 aliphatic heterocycles. The van der Waals surface area contributed by atoms with Crippen molar-refractivity contribution in [3.05, 3.63) is 64.9 Å². The van der Waals surface area contributed by atoms with Gasteiger partial charge in [-0.05, 0) is 36.4 Å². The standard InChI is InChI=1S/C29H32N2O6S/c1-34-21-15-20(16-22(17-21)35-2)31(29(33)25-18-36-23-11-6-7-12-24(23)37-25)27(26-13-8-14-38-26)28(32)30-19-9-4-3-5-10-19/h6-8,11-17,19,25,27H,3-5,9-10,18H2,1-2H3,(H,30,32)/t25-,27-/m1/s1. The van der Waals surface area contributed by atoms with Crippen molar-refractivity contribution in [2.75, 3.05) is 25.7 Å². The van der Waals surface area contributed by atoms with Crippen LogP contribution in [0.2, 0.25) is 0 Å². The molecule has 0 unspecified atom stereocenters. The molecule has 0 radical (unpaired) electrons. The lowest BCUT2D eigenvalue weighted by Crippen LogP contribution is -2.52. The zero-order chi connectivity index (χ0) is 26.5. The molecule has 0 spiro atoms. The number of hydrogen-bond donors (Lipinski definition) is 1. The fraction of sp³-hybridized carbons (Fsp3) is 0.379. The Kier molecular flexibility index (Phi) is 8.03. The molecule has 2 atom stereocenters. The maximum Gasteiger partial charge on any atom is 0.272 e. The van der Waals surface area contributed by atoms with Crippen LogP contribution in [0.15, 0.2) is 60.0 Å². The van der Waals surface area contributed by atoms with Crippen molar-refractivity contribution in [1.82, 2.24) is 5.32 Å². The van der Waals surface area contributed by atoms with Gasteiger partial charge in [-0.25, -0.2) is 0 Å². The molecule has 8 nitrogen and oxygen atoms in total. The fourth-order valence-electron chi connectivity index (χ4n) is 4.98. The summed E-state index contributed by atoms with van der Waals surface area (Å²) in [6.07, 6.45) is 4.25. The first-order valence-electron chi connectivity index (χ1n) is 12.9. The van der Waals surface area contributed by atoms with E-state index in [0.29, 0.717) is 28.7 Å². The molecule has 0 bridgehead atoms. The summed E-state index contributed by atoms with van der Waals surface area (Å²) < 4.78 is 23.0. The highest BCUT2D eigenvalue weighted by atomic mass is 32.1. The Hall–Kier alpha value is -3.72. The summed E-state index contributed by atoms with van der Waals surface area (Å²) in [6, 6.07) is 15.3. The number of methoxy groups -OCH3 is 2. The van der Waals surface area contributed by atoms with E-state index in [4.69, 9.17) is 18.9 Å². The van der Waals surface area contributed by atoms with Crippen LogP contribution in [0.4, 0.5) is 5.69 Å². The Morgan fingerprint density at radius 1 is 0.974 bits per heavy atom. The van der Waals surface area contributed by atoms with Crippen molar-refractivity contribution in [2.24, 2.45) is 0 Å². The molecule has 0 saturated heterocycles. The van der Waals surface area contributed by atoms with Gasteiger partial charge < -0.3 is 24.3 Å². The van der Waals surface area contributed by atoms with E-state index in [1.165, 1.54) is 22.7 Å². The molecule has 1 aliphatic carbocycles. The molecule has 1 N–H and O–H groups in total. The van der Waals surface area contributed by atoms with Crippen molar-refractivity contribution < 1.29 is 28.5 Å². The number of fused-ring (bicyclic) bond motifs is 1. The molecular weight excluding hydrogens is 504 g/mol. The summed E-state index contributed by atoms with van der Waals surface area (Å²) in [7, 11) is 3.10. The predicted molar refractivity (Wildman–Crippen MR) is 145 cm³/mol. The Balaban J connectivity index is 1.56. The molecule has 2 amide bonds. The number of hydrogen-bond acceptors (Lipinski definition) is 7. The summed E-state index contributed by atoms with van der Waals surface area (Å²) in [5.41, 5.74) is 0.464. The van der Waals surface area contributed by atoms with Crippen molar-refractivity contribution in [2.45, 2.75) is 50.3 Å². The average Bonchev–Trinajstić information content (AvgIpc) is 3.49. The first kappa shape index (κ1) is 25.9. The molecule has 1 fully saturated rings. The van der Waals surface area contributed by atoms with E-state index < -0.39 is 18.1 Å². The van der Waals surface area contributed by atoms with Crippen LogP contribution >= 0.6 is 11.3 Å². The number of benzene rings is 2. The van der Waals surface area contributed by atoms with Gasteiger partial charge in [0.05, 0.1) is 19.9 Å². The number of ether oxygens (including phenoxy) is 4. The highest BCUT2D eigenvalue weighted by Crippen LogP contribution is 2.38. The van der Waals surface area contributed by atoms with Crippen LogP contribution in [-0.2, 0) is 9.59 Å². The topological polar surface area (TPSA) is 86.3 Å². The highest BCUT2D eigenvalue weighted by molar-refractivity contribution is 7.10. The van der Waals surface area contributed by atoms with Gasteiger partial charge in [-0.1, -0.05) is 37.5 Å². The third-order valence-electron chi connectivity index (χ3n) is 6.91. The van der Waals surface area contributed by atoms with E-state index in [9.17, 15) is 9.59 Å². The van der Waals surface area contributed by atoms with Crippen molar-refractivity contribution in [1.29, 1.82) is 0 Å². The van der Waals surface area contributed by atoms with E-state index in [1.54, 1.807) is 44.6 Å². The van der Waals surface area contributed by atoms with E-state index >= 15 is 0 Å². The number of nitrogens with zero attached hydrogens (tertiary/aromatic N) is 1. The summed E-state index contributed by atoms with van der Waals surface area (Å²) in [4.78, 5) is 30.5. The van der Waals surface area contributed by atoms with Gasteiger partial charge in [0.2, 0.25) is 12.0 Å². The number of nitrogens with one attached hydrogen (secondary N) is 1. The predicted octanol–water partition coefficient (Wildman–Crippen LogP) is 5.13. The summed E-state index contributed by atoms with van der Waals surface area (Å²) in [6.45, 7) is 0.0227. The van der Waals surface area contributed by atoms with E-state index in [2.05, 4.69) is 5.32 Å². The number of carbonyl (C=O) groups excluding carboxylic acids is 2. The van der Waals surface area contributed by atoms with Gasteiger partial charge in [0, 0.05) is 29.1 Å². The third-order valence-corrected chi connectivity index (χ3v) is 7.83. The van der Waals surface area contributed by atoms with Crippen LogP contribution in [0, 0.1) is 0 Å². The lowest BCUT2D eigenvalue weighted by molar-refractivity contribution is -0.132. The van der Waals surface area contributed by atoms with Crippen LogP contribution < -0.4 is 29.2 Å². The quantitative estimate of drug-likeness (QED) is 0.430. The van der Waals surface area contributed by atoms with Gasteiger partial charge in [0.15, 0.2) is 11.5 Å². The normalized spacial score (nSPS) is 17.8. The third kappa shape index (κ3) is 5.57. The van der Waals surface area contributed by atoms with Gasteiger partial charge in [0.25, 0.3) is 5.91 Å². The summed E-state index contributed by atoms with van der Waals surface area (Å²) in [5, 5.41) is 5.13. The minimum absolute atomic E-state index is 0.0227. The summed E-state index contributed by atoms with van der Waals surface area (Å²) in [5.74, 6) is 1.44. The maximum atomic E-state index is 14.3. The van der Waals surface area contributed by atoms with Crippen LogP contribution in [-0.4, -0.2) is 44.8 Å². The van der Waals surface area contributed by atoms with Crippen molar-refractivity contribution in [3.63, 3.8) is 0 Å². The molecule has 3 aromatic rings. The Labute approximate surface area is 226 Å². The van der Waals surface area contributed by atoms with Crippen molar-refractivity contribution >= 4 is 28.8 Å². The van der Waals surface area contributed by atoms with Crippen LogP contribution in [0.5, 0.6) is 23.0 Å². The zero-order valence-electron chi connectivity index (χ0n) is 21.6. The number of carbonyl (C=O) groups is 2. The molecule has 2 aromatic carbocycles. The zero-order valence-corrected chi connectivity index (χ0v) is 22.4. The number of anilines is 1. The monoisotopic (exact) mass is 536 g/mol. The Morgan fingerprint density at radius 2 is 1.68 bits per heavy atom. The first-order valence-corrected chi connectivity index (χ1v) is 13.7. The first-order chi connectivity index (χ1) is 18.6. The lowest BCUT2D eigenvalue weighted by atomic mass is 9.95. The van der Waals surface area contributed by atoms with Gasteiger partial charge >= 0.3 is 0 Å². The molecule has 9 heteroatoms. The van der Waals surface area contributed by atoms with E-state index in [1.807, 2.05) is 29.6 Å². The van der Waals surface area contributed by atoms with Gasteiger partial charge in [0.1, 0.15) is 24.1 Å². The second kappa shape index (κ2) is 11.8. The Morgan fingerprint density at radius 3 is 2.34 bits per heavy atom. The van der Waals surface area contributed by atoms with E-state index in [-0.39, 0.29) is 18.6 Å². The molecule has 2 heterocycles.